The standard InChI is InChI=1S/C13H15N3O4/c1-7-8(2)20-13-10(7)11(14-6-15-13)16-12(17)9-5-18-3-4-19-9/h6,9H,3-5H2,1-2H3,(H,14,15,16,17). The molecule has 0 bridgehead atoms. The van der Waals surface area contributed by atoms with Gasteiger partial charge in [0.05, 0.1) is 25.2 Å². The fraction of sp³-hybridized carbons (Fsp3) is 0.462. The zero-order valence-corrected chi connectivity index (χ0v) is 11.3. The minimum Gasteiger partial charge on any atom is -0.443 e. The molecule has 1 atom stereocenters. The number of rotatable bonds is 2. The first-order valence-electron chi connectivity index (χ1n) is 6.37. The van der Waals surface area contributed by atoms with Crippen molar-refractivity contribution in [2.45, 2.75) is 20.0 Å². The second-order valence-corrected chi connectivity index (χ2v) is 4.61. The summed E-state index contributed by atoms with van der Waals surface area (Å²) in [5.41, 5.74) is 1.38. The van der Waals surface area contributed by atoms with Crippen LogP contribution in [0.3, 0.4) is 0 Å². The molecule has 0 radical (unpaired) electrons. The molecule has 3 rings (SSSR count). The molecule has 0 saturated carbocycles. The van der Waals surface area contributed by atoms with Crippen LogP contribution < -0.4 is 5.32 Å². The molecule has 1 N–H and O–H groups in total. The van der Waals surface area contributed by atoms with E-state index in [1.54, 1.807) is 0 Å². The predicted molar refractivity (Wildman–Crippen MR) is 70.5 cm³/mol. The molecule has 0 aliphatic carbocycles. The van der Waals surface area contributed by atoms with Crippen molar-refractivity contribution in [2.24, 2.45) is 0 Å². The fourth-order valence-corrected chi connectivity index (χ4v) is 2.11. The third-order valence-electron chi connectivity index (χ3n) is 3.32. The van der Waals surface area contributed by atoms with Crippen LogP contribution in [-0.4, -0.2) is 41.8 Å². The summed E-state index contributed by atoms with van der Waals surface area (Å²) in [5, 5.41) is 3.47. The number of hydrogen-bond donors (Lipinski definition) is 1. The van der Waals surface area contributed by atoms with Crippen LogP contribution in [0.1, 0.15) is 11.3 Å². The molecule has 1 amide bonds. The third kappa shape index (κ3) is 2.25. The normalized spacial score (nSPS) is 19.2. The van der Waals surface area contributed by atoms with Gasteiger partial charge in [-0.2, -0.15) is 0 Å². The number of carbonyl (C=O) groups is 1. The highest BCUT2D eigenvalue weighted by Gasteiger charge is 2.24. The van der Waals surface area contributed by atoms with E-state index in [1.165, 1.54) is 6.33 Å². The summed E-state index contributed by atoms with van der Waals surface area (Å²) in [6.45, 7) is 4.94. The van der Waals surface area contributed by atoms with E-state index in [2.05, 4.69) is 15.3 Å². The lowest BCUT2D eigenvalue weighted by molar-refractivity contribution is -0.142. The van der Waals surface area contributed by atoms with Crippen molar-refractivity contribution in [3.63, 3.8) is 0 Å². The van der Waals surface area contributed by atoms with Crippen LogP contribution in [0.15, 0.2) is 10.7 Å². The number of hydrogen-bond acceptors (Lipinski definition) is 6. The SMILES string of the molecule is Cc1oc2ncnc(NC(=O)C3COCCO3)c2c1C. The summed E-state index contributed by atoms with van der Waals surface area (Å²) in [5.74, 6) is 0.916. The molecule has 1 saturated heterocycles. The van der Waals surface area contributed by atoms with Crippen LogP contribution >= 0.6 is 0 Å². The van der Waals surface area contributed by atoms with Gasteiger partial charge in [0.2, 0.25) is 5.71 Å². The zero-order chi connectivity index (χ0) is 14.1. The van der Waals surface area contributed by atoms with Crippen molar-refractivity contribution >= 4 is 22.8 Å². The van der Waals surface area contributed by atoms with Gasteiger partial charge in [-0.05, 0) is 13.8 Å². The fourth-order valence-electron chi connectivity index (χ4n) is 2.11. The number of aromatic nitrogens is 2. The van der Waals surface area contributed by atoms with Gasteiger partial charge in [0, 0.05) is 5.56 Å². The molecule has 1 fully saturated rings. The van der Waals surface area contributed by atoms with Gasteiger partial charge < -0.3 is 19.2 Å². The minimum absolute atomic E-state index is 0.253. The number of anilines is 1. The van der Waals surface area contributed by atoms with Gasteiger partial charge in [-0.15, -0.1) is 0 Å². The van der Waals surface area contributed by atoms with Gasteiger partial charge in [0.25, 0.3) is 5.91 Å². The maximum atomic E-state index is 12.1. The Hall–Kier alpha value is -1.99. The Labute approximate surface area is 115 Å². The number of nitrogens with zero attached hydrogens (tertiary/aromatic N) is 2. The first-order valence-corrected chi connectivity index (χ1v) is 6.37. The second kappa shape index (κ2) is 5.18. The smallest absolute Gasteiger partial charge is 0.257 e. The molecule has 7 nitrogen and oxygen atoms in total. The highest BCUT2D eigenvalue weighted by atomic mass is 16.6. The van der Waals surface area contributed by atoms with Crippen LogP contribution in [0.5, 0.6) is 0 Å². The van der Waals surface area contributed by atoms with Crippen molar-refractivity contribution in [2.75, 3.05) is 25.1 Å². The number of nitrogens with one attached hydrogen (secondary N) is 1. The van der Waals surface area contributed by atoms with Gasteiger partial charge in [-0.3, -0.25) is 4.79 Å². The van der Waals surface area contributed by atoms with Crippen LogP contribution in [0.4, 0.5) is 5.82 Å². The summed E-state index contributed by atoms with van der Waals surface area (Å²) in [6.07, 6.45) is 0.750. The molecule has 1 aliphatic heterocycles. The van der Waals surface area contributed by atoms with Gasteiger partial charge >= 0.3 is 0 Å². The molecule has 7 heteroatoms. The van der Waals surface area contributed by atoms with E-state index in [0.29, 0.717) is 24.7 Å². The summed E-state index contributed by atoms with van der Waals surface area (Å²) in [6, 6.07) is 0. The maximum absolute atomic E-state index is 12.1. The average molecular weight is 277 g/mol. The first kappa shape index (κ1) is 13.0. The van der Waals surface area contributed by atoms with Crippen LogP contribution in [0.25, 0.3) is 11.1 Å². The van der Waals surface area contributed by atoms with Gasteiger partial charge in [-0.1, -0.05) is 0 Å². The first-order chi connectivity index (χ1) is 9.66. The molecular formula is C13H15N3O4. The third-order valence-corrected chi connectivity index (χ3v) is 3.32. The van der Waals surface area contributed by atoms with E-state index in [-0.39, 0.29) is 12.5 Å². The highest BCUT2D eigenvalue weighted by Crippen LogP contribution is 2.28. The molecule has 2 aromatic rings. The predicted octanol–water partition coefficient (Wildman–Crippen LogP) is 1.19. The lowest BCUT2D eigenvalue weighted by Gasteiger charge is -2.21. The van der Waals surface area contributed by atoms with Crippen molar-refractivity contribution in [1.29, 1.82) is 0 Å². The van der Waals surface area contributed by atoms with E-state index in [9.17, 15) is 4.79 Å². The van der Waals surface area contributed by atoms with E-state index in [4.69, 9.17) is 13.9 Å². The van der Waals surface area contributed by atoms with Crippen LogP contribution in [-0.2, 0) is 14.3 Å². The molecule has 20 heavy (non-hydrogen) atoms. The molecule has 0 spiro atoms. The van der Waals surface area contributed by atoms with Gasteiger partial charge in [0.1, 0.15) is 17.9 Å². The Kier molecular flexibility index (Phi) is 3.37. The molecule has 1 unspecified atom stereocenters. The van der Waals surface area contributed by atoms with Gasteiger partial charge in [-0.25, -0.2) is 9.97 Å². The zero-order valence-electron chi connectivity index (χ0n) is 11.3. The molecule has 2 aromatic heterocycles. The molecule has 0 aromatic carbocycles. The summed E-state index contributed by atoms with van der Waals surface area (Å²) < 4.78 is 16.1. The van der Waals surface area contributed by atoms with Crippen LogP contribution in [0, 0.1) is 13.8 Å². The summed E-state index contributed by atoms with van der Waals surface area (Å²) in [4.78, 5) is 20.3. The highest BCUT2D eigenvalue weighted by molar-refractivity contribution is 6.01. The molecular weight excluding hydrogens is 262 g/mol. The van der Waals surface area contributed by atoms with E-state index in [0.717, 1.165) is 16.7 Å². The summed E-state index contributed by atoms with van der Waals surface area (Å²) in [7, 11) is 0. The molecule has 3 heterocycles. The topological polar surface area (TPSA) is 86.5 Å². The number of carbonyl (C=O) groups excluding carboxylic acids is 1. The minimum atomic E-state index is -0.609. The van der Waals surface area contributed by atoms with Crippen LogP contribution in [0.2, 0.25) is 0 Å². The average Bonchev–Trinajstić information content (AvgIpc) is 2.76. The summed E-state index contributed by atoms with van der Waals surface area (Å²) >= 11 is 0. The van der Waals surface area contributed by atoms with Crippen molar-refractivity contribution in [3.8, 4) is 0 Å². The van der Waals surface area contributed by atoms with E-state index >= 15 is 0 Å². The lowest BCUT2D eigenvalue weighted by atomic mass is 10.2. The van der Waals surface area contributed by atoms with E-state index in [1.807, 2.05) is 13.8 Å². The Morgan fingerprint density at radius 1 is 1.35 bits per heavy atom. The largest absolute Gasteiger partial charge is 0.443 e. The lowest BCUT2D eigenvalue weighted by Crippen LogP contribution is -2.39. The number of fused-ring (bicyclic) bond motifs is 1. The Morgan fingerprint density at radius 2 is 2.20 bits per heavy atom. The Bertz CT molecular complexity index is 646. The van der Waals surface area contributed by atoms with Crippen molar-refractivity contribution in [1.82, 2.24) is 9.97 Å². The van der Waals surface area contributed by atoms with Crippen molar-refractivity contribution in [3.05, 3.63) is 17.7 Å². The van der Waals surface area contributed by atoms with Gasteiger partial charge in [0.15, 0.2) is 6.10 Å². The molecule has 106 valence electrons. The molecule has 1 aliphatic rings. The Morgan fingerprint density at radius 3 is 2.95 bits per heavy atom. The maximum Gasteiger partial charge on any atom is 0.257 e. The monoisotopic (exact) mass is 277 g/mol. The second-order valence-electron chi connectivity index (χ2n) is 4.61. The quantitative estimate of drug-likeness (QED) is 0.887. The number of furan rings is 1. The number of aryl methyl sites for hydroxylation is 2. The van der Waals surface area contributed by atoms with Crippen molar-refractivity contribution < 1.29 is 18.7 Å². The Balaban J connectivity index is 1.88. The number of ether oxygens (including phenoxy) is 2. The van der Waals surface area contributed by atoms with E-state index < -0.39 is 6.10 Å². The number of amides is 1.